The summed E-state index contributed by atoms with van der Waals surface area (Å²) in [6.07, 6.45) is 3.63. The van der Waals surface area contributed by atoms with Crippen LogP contribution >= 0.6 is 23.4 Å². The Bertz CT molecular complexity index is 365. The molecule has 0 aromatic heterocycles. The number of thioether (sulfide) groups is 1. The fraction of sp³-hybridized carbons (Fsp3) is 0.600. The first-order chi connectivity index (χ1) is 8.67. The van der Waals surface area contributed by atoms with Gasteiger partial charge in [0, 0.05) is 23.1 Å². The van der Waals surface area contributed by atoms with Gasteiger partial charge in [-0.05, 0) is 44.2 Å². The average molecular weight is 285 g/mol. The van der Waals surface area contributed by atoms with Crippen molar-refractivity contribution in [1.29, 1.82) is 0 Å². The maximum Gasteiger partial charge on any atom is 0.0588 e. The van der Waals surface area contributed by atoms with E-state index in [1.165, 1.54) is 10.5 Å². The van der Waals surface area contributed by atoms with Crippen molar-refractivity contribution in [1.82, 2.24) is 0 Å². The van der Waals surface area contributed by atoms with Gasteiger partial charge in [0.25, 0.3) is 0 Å². The number of aryl methyl sites for hydroxylation is 1. The zero-order valence-electron chi connectivity index (χ0n) is 11.1. The van der Waals surface area contributed by atoms with Crippen LogP contribution in [0.3, 0.4) is 0 Å². The second-order valence-electron chi connectivity index (χ2n) is 5.15. The van der Waals surface area contributed by atoms with Gasteiger partial charge >= 0.3 is 0 Å². The molecule has 3 atom stereocenters. The monoisotopic (exact) mass is 284 g/mol. The molecule has 3 heteroatoms. The van der Waals surface area contributed by atoms with Crippen molar-refractivity contribution in [3.05, 3.63) is 29.8 Å². The molecule has 0 saturated heterocycles. The Balaban J connectivity index is 1.84. The first-order valence-corrected chi connectivity index (χ1v) is 7.96. The van der Waals surface area contributed by atoms with Crippen LogP contribution in [0.15, 0.2) is 29.2 Å². The lowest BCUT2D eigenvalue weighted by atomic mass is 9.88. The van der Waals surface area contributed by atoms with Crippen LogP contribution in [0.25, 0.3) is 0 Å². The Morgan fingerprint density at radius 3 is 2.61 bits per heavy atom. The van der Waals surface area contributed by atoms with Crippen LogP contribution in [0.1, 0.15) is 24.8 Å². The molecule has 1 saturated carbocycles. The van der Waals surface area contributed by atoms with E-state index in [2.05, 4.69) is 31.2 Å². The second kappa shape index (κ2) is 6.83. The van der Waals surface area contributed by atoms with Crippen molar-refractivity contribution in [2.45, 2.75) is 42.6 Å². The molecule has 0 bridgehead atoms. The van der Waals surface area contributed by atoms with Gasteiger partial charge in [-0.2, -0.15) is 0 Å². The molecule has 0 aliphatic heterocycles. The average Bonchev–Trinajstić information content (AvgIpc) is 2.37. The number of methoxy groups -OCH3 is 1. The first kappa shape index (κ1) is 14.2. The molecular weight excluding hydrogens is 264 g/mol. The molecule has 0 heterocycles. The molecule has 0 amide bonds. The quantitative estimate of drug-likeness (QED) is 0.594. The molecule has 1 fully saturated rings. The van der Waals surface area contributed by atoms with Crippen LogP contribution in [-0.2, 0) is 4.74 Å². The smallest absolute Gasteiger partial charge is 0.0588 e. The zero-order chi connectivity index (χ0) is 13.0. The van der Waals surface area contributed by atoms with Gasteiger partial charge in [0.1, 0.15) is 0 Å². The molecule has 18 heavy (non-hydrogen) atoms. The molecule has 1 aliphatic carbocycles. The van der Waals surface area contributed by atoms with E-state index >= 15 is 0 Å². The summed E-state index contributed by atoms with van der Waals surface area (Å²) in [6.45, 7) is 2.12. The van der Waals surface area contributed by atoms with Crippen molar-refractivity contribution in [2.75, 3.05) is 12.9 Å². The Hall–Kier alpha value is -0.180. The third kappa shape index (κ3) is 4.18. The standard InChI is InChI=1S/C15H21ClOS/c1-11-3-5-15(6-4-11)18-10-12-7-13(16)9-14(8-12)17-2/h3-6,12-14H,7-10H2,1-2H3/t12-,13+,14-/m1/s1. The summed E-state index contributed by atoms with van der Waals surface area (Å²) in [5, 5.41) is 0.285. The molecular formula is C15H21ClOS. The molecule has 0 radical (unpaired) electrons. The highest BCUT2D eigenvalue weighted by atomic mass is 35.5. The maximum absolute atomic E-state index is 6.30. The van der Waals surface area contributed by atoms with Gasteiger partial charge < -0.3 is 4.74 Å². The fourth-order valence-electron chi connectivity index (χ4n) is 2.48. The summed E-state index contributed by atoms with van der Waals surface area (Å²) < 4.78 is 5.47. The van der Waals surface area contributed by atoms with Crippen LogP contribution in [0.5, 0.6) is 0 Å². The Labute approximate surface area is 119 Å². The molecule has 0 unspecified atom stereocenters. The van der Waals surface area contributed by atoms with Crippen LogP contribution < -0.4 is 0 Å². The fourth-order valence-corrected chi connectivity index (χ4v) is 3.96. The molecule has 1 aliphatic rings. The number of hydrogen-bond donors (Lipinski definition) is 0. The zero-order valence-corrected chi connectivity index (χ0v) is 12.6. The lowest BCUT2D eigenvalue weighted by Crippen LogP contribution is -2.29. The van der Waals surface area contributed by atoms with E-state index in [1.807, 2.05) is 11.8 Å². The predicted octanol–water partition coefficient (Wildman–Crippen LogP) is 4.51. The summed E-state index contributed by atoms with van der Waals surface area (Å²) in [4.78, 5) is 1.35. The molecule has 0 spiro atoms. The summed E-state index contributed by atoms with van der Waals surface area (Å²) >= 11 is 8.23. The third-order valence-corrected chi connectivity index (χ3v) is 5.14. The van der Waals surface area contributed by atoms with Crippen LogP contribution in [0.2, 0.25) is 0 Å². The van der Waals surface area contributed by atoms with Gasteiger partial charge in [0.15, 0.2) is 0 Å². The van der Waals surface area contributed by atoms with Crippen molar-refractivity contribution in [3.63, 3.8) is 0 Å². The van der Waals surface area contributed by atoms with E-state index in [1.54, 1.807) is 7.11 Å². The molecule has 1 aromatic carbocycles. The number of halogens is 1. The van der Waals surface area contributed by atoms with Crippen molar-refractivity contribution >= 4 is 23.4 Å². The topological polar surface area (TPSA) is 9.23 Å². The van der Waals surface area contributed by atoms with Gasteiger partial charge in [0.2, 0.25) is 0 Å². The minimum absolute atomic E-state index is 0.285. The second-order valence-corrected chi connectivity index (χ2v) is 6.86. The van der Waals surface area contributed by atoms with Crippen LogP contribution in [-0.4, -0.2) is 24.3 Å². The van der Waals surface area contributed by atoms with E-state index in [9.17, 15) is 0 Å². The van der Waals surface area contributed by atoms with Crippen molar-refractivity contribution in [2.24, 2.45) is 5.92 Å². The summed E-state index contributed by atoms with van der Waals surface area (Å²) in [5.74, 6) is 1.82. The third-order valence-electron chi connectivity index (χ3n) is 3.54. The lowest BCUT2D eigenvalue weighted by molar-refractivity contribution is 0.0566. The highest BCUT2D eigenvalue weighted by Gasteiger charge is 2.27. The van der Waals surface area contributed by atoms with Gasteiger partial charge in [-0.1, -0.05) is 17.7 Å². The highest BCUT2D eigenvalue weighted by molar-refractivity contribution is 7.99. The van der Waals surface area contributed by atoms with Gasteiger partial charge in [-0.25, -0.2) is 0 Å². The molecule has 1 aromatic rings. The van der Waals surface area contributed by atoms with Crippen LogP contribution in [0.4, 0.5) is 0 Å². The van der Waals surface area contributed by atoms with E-state index in [-0.39, 0.29) is 5.38 Å². The Morgan fingerprint density at radius 2 is 1.94 bits per heavy atom. The number of hydrogen-bond acceptors (Lipinski definition) is 2. The molecule has 100 valence electrons. The molecule has 2 rings (SSSR count). The van der Waals surface area contributed by atoms with Crippen LogP contribution in [0, 0.1) is 12.8 Å². The maximum atomic E-state index is 6.30. The summed E-state index contributed by atoms with van der Waals surface area (Å²) in [6, 6.07) is 8.75. The number of ether oxygens (including phenoxy) is 1. The lowest BCUT2D eigenvalue weighted by Gasteiger charge is -2.31. The van der Waals surface area contributed by atoms with Crippen molar-refractivity contribution < 1.29 is 4.74 Å². The Kier molecular flexibility index (Phi) is 5.40. The largest absolute Gasteiger partial charge is 0.381 e. The number of rotatable bonds is 4. The van der Waals surface area contributed by atoms with Gasteiger partial charge in [0.05, 0.1) is 6.10 Å². The van der Waals surface area contributed by atoms with E-state index < -0.39 is 0 Å². The highest BCUT2D eigenvalue weighted by Crippen LogP contribution is 2.33. The SMILES string of the molecule is CO[C@H]1C[C@@H](Cl)C[C@@H](CSc2ccc(C)cc2)C1. The van der Waals surface area contributed by atoms with E-state index in [4.69, 9.17) is 16.3 Å². The van der Waals surface area contributed by atoms with Gasteiger partial charge in [-0.15, -0.1) is 23.4 Å². The molecule has 0 N–H and O–H groups in total. The number of alkyl halides is 1. The summed E-state index contributed by atoms with van der Waals surface area (Å²) in [7, 11) is 1.80. The minimum atomic E-state index is 0.285. The van der Waals surface area contributed by atoms with E-state index in [0.29, 0.717) is 12.0 Å². The normalized spacial score (nSPS) is 28.3. The Morgan fingerprint density at radius 1 is 1.22 bits per heavy atom. The van der Waals surface area contributed by atoms with Gasteiger partial charge in [-0.3, -0.25) is 0 Å². The minimum Gasteiger partial charge on any atom is -0.381 e. The molecule has 1 nitrogen and oxygen atoms in total. The summed E-state index contributed by atoms with van der Waals surface area (Å²) in [5.41, 5.74) is 1.32. The number of benzene rings is 1. The predicted molar refractivity (Wildman–Crippen MR) is 79.7 cm³/mol. The van der Waals surface area contributed by atoms with Crippen molar-refractivity contribution in [3.8, 4) is 0 Å². The van der Waals surface area contributed by atoms with E-state index in [0.717, 1.165) is 25.0 Å². The first-order valence-electron chi connectivity index (χ1n) is 6.53.